The van der Waals surface area contributed by atoms with Gasteiger partial charge in [0.2, 0.25) is 0 Å². The summed E-state index contributed by atoms with van der Waals surface area (Å²) in [5.41, 5.74) is -0.465. The summed E-state index contributed by atoms with van der Waals surface area (Å²) in [5.74, 6) is 0.426. The van der Waals surface area contributed by atoms with Gasteiger partial charge in [-0.15, -0.1) is 22.7 Å². The molecule has 12 rings (SSSR count). The largest absolute Gasteiger partial charge is 0.309 e. The molecule has 0 bridgehead atoms. The number of para-hydroxylation sites is 2. The van der Waals surface area contributed by atoms with Crippen LogP contribution in [-0.4, -0.2) is 19.5 Å². The average Bonchev–Trinajstić information content (AvgIpc) is 4.16. The highest BCUT2D eigenvalue weighted by atomic mass is 32.1. The Morgan fingerprint density at radius 3 is 1.39 bits per heavy atom. The number of aromatic nitrogens is 4. The van der Waals surface area contributed by atoms with Gasteiger partial charge < -0.3 is 4.57 Å². The fourth-order valence-corrected chi connectivity index (χ4v) is 8.88. The standard InChI is InChI=1S/C51H30N4S2/c1-3-11-31(12-4-1)49-52-50(32-13-5-2-6-14-32)54-51(53-49)35-21-25-40-39-23-19-33(27-46(39)57-48(40)29-35)34-20-24-41-42-30-36(22-26-45(42)56-47(41)28-34)55-43-17-9-7-15-37(43)38-16-8-10-18-44(38)55/h1-30H/i7D,8D,9D,10D,15D,16D,17D,18D,19D,20D,21D,23D,24D,25D,26D,27D,28D,29D,30D. The van der Waals surface area contributed by atoms with Gasteiger partial charge >= 0.3 is 0 Å². The van der Waals surface area contributed by atoms with Gasteiger partial charge in [-0.3, -0.25) is 0 Å². The van der Waals surface area contributed by atoms with Gasteiger partial charge in [0.15, 0.2) is 17.5 Å². The molecule has 0 amide bonds. The van der Waals surface area contributed by atoms with E-state index in [2.05, 4.69) is 9.97 Å². The van der Waals surface area contributed by atoms with Crippen molar-refractivity contribution < 1.29 is 26.0 Å². The molecule has 0 N–H and O–H groups in total. The monoisotopic (exact) mass is 781 g/mol. The third-order valence-electron chi connectivity index (χ3n) is 9.51. The number of fused-ring (bicyclic) bond motifs is 9. The second-order valence-electron chi connectivity index (χ2n) is 12.9. The molecule has 8 aromatic carbocycles. The fraction of sp³-hybridized carbons (Fsp3) is 0. The molecule has 0 spiro atoms. The summed E-state index contributed by atoms with van der Waals surface area (Å²) in [4.78, 5) is 14.1. The van der Waals surface area contributed by atoms with E-state index >= 15 is 0 Å². The quantitative estimate of drug-likeness (QED) is 0.175. The maximum Gasteiger partial charge on any atom is 0.164 e. The van der Waals surface area contributed by atoms with Crippen LogP contribution in [0.15, 0.2) is 182 Å². The maximum atomic E-state index is 9.69. The molecular weight excluding hydrogens is 733 g/mol. The van der Waals surface area contributed by atoms with Gasteiger partial charge in [-0.05, 0) is 59.5 Å². The van der Waals surface area contributed by atoms with E-state index in [1.807, 2.05) is 12.1 Å². The first kappa shape index (κ1) is 18.8. The van der Waals surface area contributed by atoms with Gasteiger partial charge in [0.05, 0.1) is 37.1 Å². The van der Waals surface area contributed by atoms with Crippen molar-refractivity contribution >= 4 is 84.8 Å². The molecular formula is C51H30N4S2. The van der Waals surface area contributed by atoms with Crippen LogP contribution < -0.4 is 0 Å². The molecule has 0 atom stereocenters. The van der Waals surface area contributed by atoms with E-state index in [0.717, 1.165) is 27.2 Å². The van der Waals surface area contributed by atoms with Crippen LogP contribution in [-0.2, 0) is 0 Å². The van der Waals surface area contributed by atoms with E-state index in [4.69, 9.17) is 16.0 Å². The average molecular weight is 782 g/mol. The first-order chi connectivity index (χ1) is 36.2. The number of rotatable bonds is 5. The normalized spacial score (nSPS) is 16.5. The van der Waals surface area contributed by atoms with Gasteiger partial charge in [0, 0.05) is 73.5 Å². The third kappa shape index (κ3) is 5.30. The zero-order valence-corrected chi connectivity index (χ0v) is 30.6. The lowest BCUT2D eigenvalue weighted by Crippen LogP contribution is -1.99. The van der Waals surface area contributed by atoms with E-state index in [9.17, 15) is 15.1 Å². The molecule has 4 heterocycles. The minimum Gasteiger partial charge on any atom is -0.309 e. The van der Waals surface area contributed by atoms with E-state index in [0.29, 0.717) is 11.1 Å². The molecule has 12 aromatic rings. The second kappa shape index (κ2) is 12.8. The topological polar surface area (TPSA) is 43.6 Å². The second-order valence-corrected chi connectivity index (χ2v) is 14.9. The van der Waals surface area contributed by atoms with Gasteiger partial charge in [-0.2, -0.15) is 0 Å². The summed E-state index contributed by atoms with van der Waals surface area (Å²) in [6.45, 7) is 0. The van der Waals surface area contributed by atoms with Crippen LogP contribution in [0.2, 0.25) is 0 Å². The number of hydrogen-bond donors (Lipinski definition) is 0. The molecule has 0 fully saturated rings. The van der Waals surface area contributed by atoms with E-state index in [-0.39, 0.29) is 114 Å². The SMILES string of the molecule is [2H]c1c(-c2c([2H])c([2H])c3c(sc4c([2H])c(-c5nc(-c6ccccc6)nc(-c6ccccc6)n5)c([2H])c([2H])c43)c2[2H])c([2H])c2sc3c([2H])cc(-n4c5c([2H])c([2H])c([2H])c([2H])c5c5c([2H])c([2H])c([2H])c([2H])c54)c([2H])c3c2c1[2H]. The van der Waals surface area contributed by atoms with Crippen molar-refractivity contribution in [3.05, 3.63) is 182 Å². The summed E-state index contributed by atoms with van der Waals surface area (Å²) < 4.78 is 175. The lowest BCUT2D eigenvalue weighted by atomic mass is 10.0. The Morgan fingerprint density at radius 1 is 0.368 bits per heavy atom. The summed E-state index contributed by atoms with van der Waals surface area (Å²) in [5, 5.41) is -0.867. The molecule has 4 nitrogen and oxygen atoms in total. The zero-order valence-electron chi connectivity index (χ0n) is 48.0. The summed E-state index contributed by atoms with van der Waals surface area (Å²) in [6, 6.07) is 8.80. The summed E-state index contributed by atoms with van der Waals surface area (Å²) in [7, 11) is 0. The number of benzene rings is 8. The molecule has 0 aliphatic carbocycles. The maximum absolute atomic E-state index is 9.69. The van der Waals surface area contributed by atoms with Crippen molar-refractivity contribution in [3.63, 3.8) is 0 Å². The Bertz CT molecular complexity index is 4500. The van der Waals surface area contributed by atoms with Crippen molar-refractivity contribution in [3.8, 4) is 51.0 Å². The molecule has 0 radical (unpaired) electrons. The lowest BCUT2D eigenvalue weighted by Gasteiger charge is -2.08. The van der Waals surface area contributed by atoms with Crippen LogP contribution in [0.25, 0.3) is 113 Å². The van der Waals surface area contributed by atoms with Crippen LogP contribution in [0.5, 0.6) is 0 Å². The number of thiophene rings is 2. The molecule has 0 unspecified atom stereocenters. The molecule has 0 aliphatic rings. The van der Waals surface area contributed by atoms with Crippen molar-refractivity contribution in [2.45, 2.75) is 0 Å². The van der Waals surface area contributed by atoms with Crippen LogP contribution in [0, 0.1) is 0 Å². The smallest absolute Gasteiger partial charge is 0.164 e. The number of hydrogen-bond acceptors (Lipinski definition) is 5. The molecule has 0 saturated heterocycles. The number of nitrogens with zero attached hydrogens (tertiary/aromatic N) is 4. The molecule has 266 valence electrons. The van der Waals surface area contributed by atoms with Gasteiger partial charge in [0.25, 0.3) is 0 Å². The van der Waals surface area contributed by atoms with E-state index in [1.165, 1.54) is 6.07 Å². The van der Waals surface area contributed by atoms with Crippen molar-refractivity contribution in [1.29, 1.82) is 0 Å². The molecule has 57 heavy (non-hydrogen) atoms. The van der Waals surface area contributed by atoms with E-state index in [1.54, 1.807) is 48.5 Å². The fourth-order valence-electron chi connectivity index (χ4n) is 6.88. The highest BCUT2D eigenvalue weighted by molar-refractivity contribution is 7.26. The van der Waals surface area contributed by atoms with E-state index < -0.39 is 103 Å². The highest BCUT2D eigenvalue weighted by Crippen LogP contribution is 2.42. The van der Waals surface area contributed by atoms with Gasteiger partial charge in [0.1, 0.15) is 0 Å². The molecule has 6 heteroatoms. The van der Waals surface area contributed by atoms with Crippen molar-refractivity contribution in [1.82, 2.24) is 19.5 Å². The Balaban J connectivity index is 1.09. The van der Waals surface area contributed by atoms with Crippen LogP contribution in [0.1, 0.15) is 26.0 Å². The Kier molecular flexibility index (Phi) is 4.21. The third-order valence-corrected chi connectivity index (χ3v) is 11.6. The van der Waals surface area contributed by atoms with Crippen LogP contribution in [0.3, 0.4) is 0 Å². The highest BCUT2D eigenvalue weighted by Gasteiger charge is 2.16. The predicted molar refractivity (Wildman–Crippen MR) is 242 cm³/mol. The molecule has 4 aromatic heterocycles. The van der Waals surface area contributed by atoms with Crippen LogP contribution >= 0.6 is 22.7 Å². The molecule has 0 saturated carbocycles. The van der Waals surface area contributed by atoms with Gasteiger partial charge in [-0.25, -0.2) is 15.0 Å². The first-order valence-corrected chi connectivity index (χ1v) is 19.1. The Morgan fingerprint density at radius 2 is 0.825 bits per heavy atom. The predicted octanol–water partition coefficient (Wildman–Crippen LogP) is 14.4. The minimum atomic E-state index is -0.691. The Hall–Kier alpha value is -6.99. The Labute approximate surface area is 362 Å². The van der Waals surface area contributed by atoms with Crippen molar-refractivity contribution in [2.24, 2.45) is 0 Å². The first-order valence-electron chi connectivity index (χ1n) is 27.0. The molecule has 0 aliphatic heterocycles. The van der Waals surface area contributed by atoms with Gasteiger partial charge in [-0.1, -0.05) is 133 Å². The summed E-state index contributed by atoms with van der Waals surface area (Å²) in [6.07, 6.45) is 0. The zero-order chi connectivity index (χ0) is 54.0. The summed E-state index contributed by atoms with van der Waals surface area (Å²) >= 11 is 1.67. The lowest BCUT2D eigenvalue weighted by molar-refractivity contribution is 1.07. The van der Waals surface area contributed by atoms with Crippen LogP contribution in [0.4, 0.5) is 0 Å². The van der Waals surface area contributed by atoms with Crippen molar-refractivity contribution in [2.75, 3.05) is 0 Å². The minimum absolute atomic E-state index is 0.00516.